The third kappa shape index (κ3) is 5.69. The van der Waals surface area contributed by atoms with Crippen molar-refractivity contribution in [3.63, 3.8) is 0 Å². The fourth-order valence-electron chi connectivity index (χ4n) is 5.12. The van der Waals surface area contributed by atoms with Crippen LogP contribution >= 0.6 is 0 Å². The normalized spacial score (nSPS) is 13.5. The highest BCUT2D eigenvalue weighted by Gasteiger charge is 2.25. The second-order valence-corrected chi connectivity index (χ2v) is 12.2. The molecule has 0 fully saturated rings. The molecule has 3 N–H and O–H groups in total. The van der Waals surface area contributed by atoms with E-state index in [-0.39, 0.29) is 22.8 Å². The van der Waals surface area contributed by atoms with E-state index in [1.54, 1.807) is 36.8 Å². The van der Waals surface area contributed by atoms with E-state index in [4.69, 9.17) is 15.5 Å². The number of hydrogen-bond acceptors (Lipinski definition) is 7. The average molecular weight is 597 g/mol. The minimum absolute atomic E-state index is 0.0582. The van der Waals surface area contributed by atoms with Gasteiger partial charge in [0.2, 0.25) is 0 Å². The zero-order chi connectivity index (χ0) is 30.0. The molecule has 0 amide bonds. The van der Waals surface area contributed by atoms with Crippen LogP contribution in [0, 0.1) is 0 Å². The smallest absolute Gasteiger partial charge is 0.264 e. The molecule has 0 unspecified atom stereocenters. The van der Waals surface area contributed by atoms with Gasteiger partial charge in [0.1, 0.15) is 11.6 Å². The zero-order valence-electron chi connectivity index (χ0n) is 23.7. The van der Waals surface area contributed by atoms with Gasteiger partial charge in [-0.1, -0.05) is 49.4 Å². The molecular weight excluding hydrogens is 564 g/mol. The molecule has 1 aliphatic rings. The fourth-order valence-corrected chi connectivity index (χ4v) is 6.46. The molecule has 6 rings (SSSR count). The number of nitrogens with two attached hydrogens (primary N) is 1. The predicted molar refractivity (Wildman–Crippen MR) is 167 cm³/mol. The van der Waals surface area contributed by atoms with Crippen molar-refractivity contribution in [3.05, 3.63) is 107 Å². The van der Waals surface area contributed by atoms with Gasteiger partial charge in [-0.05, 0) is 60.9 Å². The predicted octanol–water partition coefficient (Wildman–Crippen LogP) is 4.57. The maximum atomic E-state index is 13.7. The summed E-state index contributed by atoms with van der Waals surface area (Å²) in [6.07, 6.45) is 8.36. The second kappa shape index (κ2) is 11.9. The topological polar surface area (TPSA) is 136 Å². The number of benzene rings is 3. The summed E-state index contributed by atoms with van der Waals surface area (Å²) in [5.41, 5.74) is 9.62. The van der Waals surface area contributed by atoms with Gasteiger partial charge < -0.3 is 20.0 Å². The van der Waals surface area contributed by atoms with Crippen molar-refractivity contribution in [2.24, 2.45) is 5.73 Å². The number of ether oxygens (including phenoxy) is 1. The first-order valence-electron chi connectivity index (χ1n) is 14.2. The van der Waals surface area contributed by atoms with Crippen molar-refractivity contribution in [1.82, 2.24) is 23.8 Å². The molecule has 0 saturated carbocycles. The molecule has 0 saturated heterocycles. The van der Waals surface area contributed by atoms with E-state index in [9.17, 15) is 13.2 Å². The summed E-state index contributed by atoms with van der Waals surface area (Å²) < 4.78 is 36.6. The Morgan fingerprint density at radius 1 is 1.07 bits per heavy atom. The van der Waals surface area contributed by atoms with Gasteiger partial charge in [0.25, 0.3) is 15.6 Å². The van der Waals surface area contributed by atoms with Gasteiger partial charge in [-0.3, -0.25) is 9.10 Å². The monoisotopic (exact) mass is 596 g/mol. The Bertz CT molecular complexity index is 2030. The number of H-pyrrole nitrogens is 1. The van der Waals surface area contributed by atoms with E-state index in [1.165, 1.54) is 16.4 Å². The lowest BCUT2D eigenvalue weighted by atomic mass is 10.1. The Kier molecular flexibility index (Phi) is 7.83. The van der Waals surface area contributed by atoms with Gasteiger partial charge in [-0.2, -0.15) is 0 Å². The first-order valence-corrected chi connectivity index (χ1v) is 15.6. The van der Waals surface area contributed by atoms with Crippen LogP contribution in [0.15, 0.2) is 101 Å². The van der Waals surface area contributed by atoms with E-state index >= 15 is 0 Å². The van der Waals surface area contributed by atoms with Crippen molar-refractivity contribution in [1.29, 1.82) is 0 Å². The van der Waals surface area contributed by atoms with Gasteiger partial charge in [0, 0.05) is 12.7 Å². The molecule has 10 nitrogen and oxygen atoms in total. The Balaban J connectivity index is 1.43. The molecule has 220 valence electrons. The molecule has 0 radical (unpaired) electrons. The standard InChI is InChI=1S/C32H32N6O4S/c1-2-15-42-30-11-10-24(43(40,41)38-14-6-9-23(20-38)12-13-33)16-26(30)31-35-27-18-28-29(17-25(27)32(39)36-31)37(21-34-28)19-22-7-4-3-5-8-22/h3-11,16-18,20-21H,2,12-15,19,33H2,1H3,(H,35,36,39). The Morgan fingerprint density at radius 3 is 2.70 bits per heavy atom. The number of nitrogens with zero attached hydrogens (tertiary/aromatic N) is 4. The highest BCUT2D eigenvalue weighted by Crippen LogP contribution is 2.33. The second-order valence-electron chi connectivity index (χ2n) is 10.4. The molecule has 0 bridgehead atoms. The first-order chi connectivity index (χ1) is 20.9. The van der Waals surface area contributed by atoms with Gasteiger partial charge in [-0.25, -0.2) is 18.4 Å². The molecule has 1 aliphatic heterocycles. The summed E-state index contributed by atoms with van der Waals surface area (Å²) in [6, 6.07) is 18.2. The average Bonchev–Trinajstić information content (AvgIpc) is 3.41. The lowest BCUT2D eigenvalue weighted by Crippen LogP contribution is -2.28. The van der Waals surface area contributed by atoms with Crippen LogP contribution in [-0.2, 0) is 16.6 Å². The largest absolute Gasteiger partial charge is 0.493 e. The van der Waals surface area contributed by atoms with Crippen LogP contribution in [0.1, 0.15) is 25.3 Å². The van der Waals surface area contributed by atoms with Crippen molar-refractivity contribution in [2.75, 3.05) is 19.7 Å². The van der Waals surface area contributed by atoms with E-state index < -0.39 is 10.0 Å². The van der Waals surface area contributed by atoms with E-state index in [0.29, 0.717) is 53.8 Å². The van der Waals surface area contributed by atoms with Crippen LogP contribution in [0.4, 0.5) is 0 Å². The van der Waals surface area contributed by atoms with E-state index in [0.717, 1.165) is 23.1 Å². The number of rotatable bonds is 10. The third-order valence-electron chi connectivity index (χ3n) is 7.28. The van der Waals surface area contributed by atoms with Crippen LogP contribution in [0.2, 0.25) is 0 Å². The summed E-state index contributed by atoms with van der Waals surface area (Å²) in [6.45, 7) is 3.63. The minimum atomic E-state index is -3.91. The number of imidazole rings is 1. The minimum Gasteiger partial charge on any atom is -0.493 e. The molecule has 3 heterocycles. The van der Waals surface area contributed by atoms with Gasteiger partial charge in [0.15, 0.2) is 0 Å². The summed E-state index contributed by atoms with van der Waals surface area (Å²) in [5.74, 6) is 0.635. The summed E-state index contributed by atoms with van der Waals surface area (Å²) >= 11 is 0. The molecule has 3 aromatic carbocycles. The Hall–Kier alpha value is -4.74. The van der Waals surface area contributed by atoms with Crippen LogP contribution in [-0.4, -0.2) is 51.9 Å². The van der Waals surface area contributed by atoms with Crippen molar-refractivity contribution >= 4 is 32.0 Å². The number of hydrogen-bond donors (Lipinski definition) is 2. The van der Waals surface area contributed by atoms with Gasteiger partial charge >= 0.3 is 0 Å². The Labute approximate surface area is 249 Å². The van der Waals surface area contributed by atoms with Crippen LogP contribution in [0.3, 0.4) is 0 Å². The maximum Gasteiger partial charge on any atom is 0.264 e. The summed E-state index contributed by atoms with van der Waals surface area (Å²) in [7, 11) is -3.91. The maximum absolute atomic E-state index is 13.7. The molecule has 43 heavy (non-hydrogen) atoms. The molecule has 0 atom stereocenters. The SMILES string of the molecule is CCCOc1ccc(S(=O)(=O)N2C=C(CCN)C=CC2)cc1-c1nc2cc3ncn(Cc4ccccc4)c3cc2c(=O)[nH]1. The number of fused-ring (bicyclic) bond motifs is 2. The zero-order valence-corrected chi connectivity index (χ0v) is 24.5. The lowest BCUT2D eigenvalue weighted by Gasteiger charge is -2.23. The Morgan fingerprint density at radius 2 is 1.91 bits per heavy atom. The number of allylic oxidation sites excluding steroid dienone is 1. The number of aromatic amines is 1. The van der Waals surface area contributed by atoms with Crippen LogP contribution in [0.25, 0.3) is 33.3 Å². The molecular formula is C32H32N6O4S. The molecule has 5 aromatic rings. The number of sulfonamides is 1. The molecule has 11 heteroatoms. The quantitative estimate of drug-likeness (QED) is 0.241. The summed E-state index contributed by atoms with van der Waals surface area (Å²) in [4.78, 5) is 25.7. The van der Waals surface area contributed by atoms with E-state index in [1.807, 2.05) is 47.9 Å². The van der Waals surface area contributed by atoms with Crippen LogP contribution in [0.5, 0.6) is 5.75 Å². The van der Waals surface area contributed by atoms with Gasteiger partial charge in [-0.15, -0.1) is 0 Å². The third-order valence-corrected chi connectivity index (χ3v) is 9.00. The van der Waals surface area contributed by atoms with E-state index in [2.05, 4.69) is 9.97 Å². The lowest BCUT2D eigenvalue weighted by molar-refractivity contribution is 0.318. The highest BCUT2D eigenvalue weighted by molar-refractivity contribution is 7.89. The summed E-state index contributed by atoms with van der Waals surface area (Å²) in [5, 5.41) is 0.406. The van der Waals surface area contributed by atoms with Gasteiger partial charge in [0.05, 0.1) is 51.9 Å². The first kappa shape index (κ1) is 28.4. The number of nitrogens with one attached hydrogen (secondary N) is 1. The highest BCUT2D eigenvalue weighted by atomic mass is 32.2. The van der Waals surface area contributed by atoms with Crippen molar-refractivity contribution in [3.8, 4) is 17.1 Å². The molecule has 0 aliphatic carbocycles. The van der Waals surface area contributed by atoms with Crippen molar-refractivity contribution < 1.29 is 13.2 Å². The van der Waals surface area contributed by atoms with Crippen molar-refractivity contribution in [2.45, 2.75) is 31.2 Å². The molecule has 2 aromatic heterocycles. The fraction of sp³-hybridized carbons (Fsp3) is 0.219. The van der Waals surface area contributed by atoms with Crippen LogP contribution < -0.4 is 16.0 Å². The molecule has 0 spiro atoms. The number of aromatic nitrogens is 4.